The summed E-state index contributed by atoms with van der Waals surface area (Å²) in [6.07, 6.45) is 0.701. The molecule has 1 aliphatic rings. The van der Waals surface area contributed by atoms with E-state index in [-0.39, 0.29) is 12.5 Å². The highest BCUT2D eigenvalue weighted by Crippen LogP contribution is 2.31. The molecule has 144 valence electrons. The average molecular weight is 397 g/mol. The molecule has 0 saturated carbocycles. The summed E-state index contributed by atoms with van der Waals surface area (Å²) in [5, 5.41) is 4.86. The average Bonchev–Trinajstić information content (AvgIpc) is 3.12. The predicted octanol–water partition coefficient (Wildman–Crippen LogP) is 4.58. The topological polar surface area (TPSA) is 55.6 Å². The Morgan fingerprint density at radius 2 is 1.96 bits per heavy atom. The Bertz CT molecular complexity index is 1010. The summed E-state index contributed by atoms with van der Waals surface area (Å²) in [5.74, 6) is 1.41. The van der Waals surface area contributed by atoms with Crippen LogP contribution in [0.15, 0.2) is 47.0 Å². The smallest absolute Gasteiger partial charge is 0.260 e. The van der Waals surface area contributed by atoms with E-state index in [9.17, 15) is 4.79 Å². The molecule has 0 bridgehead atoms. The Labute approximate surface area is 168 Å². The van der Waals surface area contributed by atoms with Gasteiger partial charge in [-0.2, -0.15) is 0 Å². The van der Waals surface area contributed by atoms with Crippen LogP contribution in [0.25, 0.3) is 11.3 Å². The van der Waals surface area contributed by atoms with E-state index in [0.717, 1.165) is 28.1 Å². The zero-order valence-electron chi connectivity index (χ0n) is 15.9. The maximum absolute atomic E-state index is 12.6. The van der Waals surface area contributed by atoms with Crippen LogP contribution in [0.3, 0.4) is 0 Å². The van der Waals surface area contributed by atoms with Crippen LogP contribution in [-0.4, -0.2) is 29.1 Å². The van der Waals surface area contributed by atoms with Gasteiger partial charge in [0, 0.05) is 22.7 Å². The van der Waals surface area contributed by atoms with Crippen molar-refractivity contribution in [3.63, 3.8) is 0 Å². The van der Waals surface area contributed by atoms with Crippen molar-refractivity contribution in [3.8, 4) is 17.1 Å². The fourth-order valence-corrected chi connectivity index (χ4v) is 3.44. The number of amides is 1. The maximum Gasteiger partial charge on any atom is 0.260 e. The van der Waals surface area contributed by atoms with Crippen molar-refractivity contribution >= 4 is 17.5 Å². The van der Waals surface area contributed by atoms with E-state index in [2.05, 4.69) is 5.16 Å². The first-order chi connectivity index (χ1) is 13.5. The van der Waals surface area contributed by atoms with Gasteiger partial charge in [0.2, 0.25) is 0 Å². The zero-order chi connectivity index (χ0) is 19.7. The number of fused-ring (bicyclic) bond motifs is 1. The minimum atomic E-state index is -0.0556. The molecule has 1 aliphatic heterocycles. The Hall–Kier alpha value is -2.79. The van der Waals surface area contributed by atoms with E-state index >= 15 is 0 Å². The number of aryl methyl sites for hydroxylation is 2. The quantitative estimate of drug-likeness (QED) is 0.648. The second-order valence-electron chi connectivity index (χ2n) is 7.04. The summed E-state index contributed by atoms with van der Waals surface area (Å²) >= 11 is 5.96. The molecule has 0 spiro atoms. The van der Waals surface area contributed by atoms with Gasteiger partial charge in [-0.1, -0.05) is 22.8 Å². The molecule has 5 nitrogen and oxygen atoms in total. The van der Waals surface area contributed by atoms with Gasteiger partial charge in [0.15, 0.2) is 12.4 Å². The van der Waals surface area contributed by atoms with Gasteiger partial charge < -0.3 is 14.2 Å². The Kier molecular flexibility index (Phi) is 5.09. The minimum Gasteiger partial charge on any atom is -0.484 e. The van der Waals surface area contributed by atoms with Gasteiger partial charge >= 0.3 is 0 Å². The lowest BCUT2D eigenvalue weighted by atomic mass is 10.0. The number of carbonyl (C=O) groups excluding carboxylic acids is 1. The number of benzene rings is 2. The Morgan fingerprint density at radius 3 is 2.71 bits per heavy atom. The molecule has 0 fully saturated rings. The zero-order valence-corrected chi connectivity index (χ0v) is 16.6. The molecule has 6 heteroatoms. The van der Waals surface area contributed by atoms with Crippen LogP contribution in [0.1, 0.15) is 22.4 Å². The summed E-state index contributed by atoms with van der Waals surface area (Å²) in [4.78, 5) is 14.3. The molecule has 2 aromatic carbocycles. The van der Waals surface area contributed by atoms with Gasteiger partial charge in [0.25, 0.3) is 5.91 Å². The molecule has 4 rings (SSSR count). The van der Waals surface area contributed by atoms with Crippen molar-refractivity contribution in [2.24, 2.45) is 0 Å². The third-order valence-corrected chi connectivity index (χ3v) is 5.39. The number of carbonyl (C=O) groups is 1. The van der Waals surface area contributed by atoms with Gasteiger partial charge in [-0.15, -0.1) is 0 Å². The first-order valence-corrected chi connectivity index (χ1v) is 9.60. The maximum atomic E-state index is 12.6. The van der Waals surface area contributed by atoms with E-state index in [4.69, 9.17) is 20.9 Å². The van der Waals surface area contributed by atoms with Crippen molar-refractivity contribution in [3.05, 3.63) is 69.9 Å². The summed E-state index contributed by atoms with van der Waals surface area (Å²) in [6.45, 7) is 5.13. The summed E-state index contributed by atoms with van der Waals surface area (Å²) < 4.78 is 11.2. The van der Waals surface area contributed by atoms with E-state index in [1.165, 1.54) is 5.56 Å². The molecule has 0 aliphatic carbocycles. The van der Waals surface area contributed by atoms with Crippen molar-refractivity contribution in [1.29, 1.82) is 0 Å². The lowest BCUT2D eigenvalue weighted by Crippen LogP contribution is -2.38. The number of ether oxygens (including phenoxy) is 1. The third kappa shape index (κ3) is 3.76. The van der Waals surface area contributed by atoms with Crippen molar-refractivity contribution in [1.82, 2.24) is 10.1 Å². The number of hydrogen-bond acceptors (Lipinski definition) is 4. The third-order valence-electron chi connectivity index (χ3n) is 5.14. The van der Waals surface area contributed by atoms with Gasteiger partial charge in [0.05, 0.1) is 6.54 Å². The first kappa shape index (κ1) is 18.6. The van der Waals surface area contributed by atoms with E-state index in [1.807, 2.05) is 56.3 Å². The molecule has 3 aromatic rings. The number of hydrogen-bond donors (Lipinski definition) is 0. The monoisotopic (exact) mass is 396 g/mol. The molecule has 0 atom stereocenters. The molecule has 0 N–H and O–H groups in total. The van der Waals surface area contributed by atoms with Gasteiger partial charge in [0.1, 0.15) is 11.4 Å². The molecule has 0 unspecified atom stereocenters. The van der Waals surface area contributed by atoms with E-state index < -0.39 is 0 Å². The van der Waals surface area contributed by atoms with E-state index in [1.54, 1.807) is 4.90 Å². The fraction of sp³-hybridized carbons (Fsp3) is 0.273. The second-order valence-corrected chi connectivity index (χ2v) is 7.48. The number of halogens is 1. The molecular formula is C22H21ClN2O3. The number of rotatable bonds is 4. The highest BCUT2D eigenvalue weighted by Gasteiger charge is 2.27. The van der Waals surface area contributed by atoms with Crippen LogP contribution < -0.4 is 4.74 Å². The van der Waals surface area contributed by atoms with Crippen LogP contribution >= 0.6 is 11.6 Å². The number of aromatic nitrogens is 1. The standard InChI is InChI=1S/C22H21ClN2O3/c1-14-3-8-18(11-15(14)2)27-13-21(26)25-10-9-19-20(12-25)24-28-22(19)16-4-6-17(23)7-5-16/h3-8,11H,9-10,12-13H2,1-2H3. The highest BCUT2D eigenvalue weighted by molar-refractivity contribution is 6.30. The highest BCUT2D eigenvalue weighted by atomic mass is 35.5. The minimum absolute atomic E-state index is 0.0136. The summed E-state index contributed by atoms with van der Waals surface area (Å²) in [7, 11) is 0. The van der Waals surface area contributed by atoms with Crippen LogP contribution in [0.2, 0.25) is 5.02 Å². The van der Waals surface area contributed by atoms with Crippen molar-refractivity contribution in [2.75, 3.05) is 13.2 Å². The lowest BCUT2D eigenvalue weighted by molar-refractivity contribution is -0.134. The largest absolute Gasteiger partial charge is 0.484 e. The second kappa shape index (κ2) is 7.68. The summed E-state index contributed by atoms with van der Waals surface area (Å²) in [5.41, 5.74) is 5.14. The molecule has 1 aromatic heterocycles. The SMILES string of the molecule is Cc1ccc(OCC(=O)N2CCc3c(noc3-c3ccc(Cl)cc3)C2)cc1C. The first-order valence-electron chi connectivity index (χ1n) is 9.22. The van der Waals surface area contributed by atoms with Crippen LogP contribution in [-0.2, 0) is 17.8 Å². The molecule has 0 saturated heterocycles. The molecule has 1 amide bonds. The van der Waals surface area contributed by atoms with Crippen molar-refractivity contribution < 1.29 is 14.1 Å². The Balaban J connectivity index is 1.42. The van der Waals surface area contributed by atoms with Gasteiger partial charge in [-0.3, -0.25) is 4.79 Å². The fourth-order valence-electron chi connectivity index (χ4n) is 3.31. The van der Waals surface area contributed by atoms with E-state index in [0.29, 0.717) is 30.3 Å². The molecule has 2 heterocycles. The number of nitrogens with zero attached hydrogens (tertiary/aromatic N) is 2. The van der Waals surface area contributed by atoms with Crippen molar-refractivity contribution in [2.45, 2.75) is 26.8 Å². The Morgan fingerprint density at radius 1 is 1.18 bits per heavy atom. The summed E-state index contributed by atoms with van der Waals surface area (Å²) in [6, 6.07) is 13.3. The van der Waals surface area contributed by atoms with Crippen LogP contribution in [0.5, 0.6) is 5.75 Å². The molecular weight excluding hydrogens is 376 g/mol. The van der Waals surface area contributed by atoms with Crippen LogP contribution in [0.4, 0.5) is 0 Å². The van der Waals surface area contributed by atoms with Gasteiger partial charge in [-0.25, -0.2) is 0 Å². The lowest BCUT2D eigenvalue weighted by Gasteiger charge is -2.26. The molecule has 0 radical (unpaired) electrons. The van der Waals surface area contributed by atoms with Gasteiger partial charge in [-0.05, 0) is 67.8 Å². The predicted molar refractivity (Wildman–Crippen MR) is 107 cm³/mol. The molecule has 28 heavy (non-hydrogen) atoms. The normalized spacial score (nSPS) is 13.3. The van der Waals surface area contributed by atoms with Crippen LogP contribution in [0, 0.1) is 13.8 Å².